The molecule has 1 aliphatic heterocycles. The van der Waals surface area contributed by atoms with Crippen molar-refractivity contribution in [3.63, 3.8) is 0 Å². The van der Waals surface area contributed by atoms with Crippen LogP contribution in [0.3, 0.4) is 0 Å². The van der Waals surface area contributed by atoms with E-state index in [1.54, 1.807) is 0 Å². The molecular weight excluding hydrogens is 390 g/mol. The Hall–Kier alpha value is -1.34. The summed E-state index contributed by atoms with van der Waals surface area (Å²) >= 11 is 0. The number of likely N-dealkylation sites (tertiary alicyclic amines) is 1. The summed E-state index contributed by atoms with van der Waals surface area (Å²) in [7, 11) is 0. The van der Waals surface area contributed by atoms with Crippen molar-refractivity contribution < 1.29 is 9.59 Å². The third-order valence-corrected chi connectivity index (χ3v) is 6.56. The summed E-state index contributed by atoms with van der Waals surface area (Å²) in [6.45, 7) is 21.0. The molecule has 1 rings (SSSR count). The van der Waals surface area contributed by atoms with Crippen LogP contribution in [-0.4, -0.2) is 91.6 Å². The maximum atomic E-state index is 12.7. The molecule has 7 heteroatoms. The van der Waals surface area contributed by atoms with Crippen LogP contribution in [0.2, 0.25) is 0 Å². The van der Waals surface area contributed by atoms with Gasteiger partial charge in [0.05, 0.1) is 0 Å². The van der Waals surface area contributed by atoms with Gasteiger partial charge in [0.1, 0.15) is 0 Å². The highest BCUT2D eigenvalue weighted by Crippen LogP contribution is 2.18. The van der Waals surface area contributed by atoms with Gasteiger partial charge in [0, 0.05) is 38.1 Å². The van der Waals surface area contributed by atoms with Crippen molar-refractivity contribution in [2.45, 2.75) is 73.3 Å². The van der Waals surface area contributed by atoms with Crippen molar-refractivity contribution in [3.05, 3.63) is 0 Å². The van der Waals surface area contributed by atoms with Crippen LogP contribution in [0.1, 0.15) is 67.2 Å². The number of amides is 3. The highest BCUT2D eigenvalue weighted by molar-refractivity contribution is 5.79. The maximum Gasteiger partial charge on any atom is 0.317 e. The summed E-state index contributed by atoms with van der Waals surface area (Å²) in [5, 5.41) is 6.25. The SMILES string of the molecule is CCN(CC)CCCNC(=O)C1CCN(C(=O)NCC(CC(C)C)N(CC)CC)CC1. The molecule has 1 atom stereocenters. The van der Waals surface area contributed by atoms with Crippen molar-refractivity contribution in [1.29, 1.82) is 0 Å². The van der Waals surface area contributed by atoms with Crippen LogP contribution in [0, 0.1) is 11.8 Å². The first kappa shape index (κ1) is 27.7. The van der Waals surface area contributed by atoms with E-state index < -0.39 is 0 Å². The zero-order valence-electron chi connectivity index (χ0n) is 21.1. The molecule has 1 heterocycles. The van der Waals surface area contributed by atoms with Gasteiger partial charge in [0.25, 0.3) is 0 Å². The van der Waals surface area contributed by atoms with Gasteiger partial charge in [-0.15, -0.1) is 0 Å². The van der Waals surface area contributed by atoms with Crippen molar-refractivity contribution in [2.75, 3.05) is 58.9 Å². The average Bonchev–Trinajstić information content (AvgIpc) is 2.77. The Labute approximate surface area is 191 Å². The summed E-state index contributed by atoms with van der Waals surface area (Å²) < 4.78 is 0. The van der Waals surface area contributed by atoms with E-state index in [1.165, 1.54) is 0 Å². The first-order valence-electron chi connectivity index (χ1n) is 12.6. The fourth-order valence-electron chi connectivity index (χ4n) is 4.51. The number of hydrogen-bond donors (Lipinski definition) is 2. The first-order valence-corrected chi connectivity index (χ1v) is 12.6. The molecule has 0 aromatic rings. The van der Waals surface area contributed by atoms with Crippen LogP contribution in [0.15, 0.2) is 0 Å². The number of nitrogens with one attached hydrogen (secondary N) is 2. The molecule has 1 saturated heterocycles. The lowest BCUT2D eigenvalue weighted by atomic mass is 9.96. The number of nitrogens with zero attached hydrogens (tertiary/aromatic N) is 3. The molecule has 0 spiro atoms. The lowest BCUT2D eigenvalue weighted by Crippen LogP contribution is -2.50. The van der Waals surface area contributed by atoms with E-state index in [4.69, 9.17) is 0 Å². The molecule has 0 bridgehead atoms. The predicted octanol–water partition coefficient (Wildman–Crippen LogP) is 3.01. The monoisotopic (exact) mass is 439 g/mol. The molecule has 0 aliphatic carbocycles. The Morgan fingerprint density at radius 2 is 1.58 bits per heavy atom. The van der Waals surface area contributed by atoms with Crippen molar-refractivity contribution in [1.82, 2.24) is 25.3 Å². The van der Waals surface area contributed by atoms with Crippen LogP contribution in [0.5, 0.6) is 0 Å². The van der Waals surface area contributed by atoms with Gasteiger partial charge in [-0.1, -0.05) is 41.5 Å². The minimum Gasteiger partial charge on any atom is -0.356 e. The molecule has 0 radical (unpaired) electrons. The van der Waals surface area contributed by atoms with Gasteiger partial charge < -0.3 is 20.4 Å². The molecule has 7 nitrogen and oxygen atoms in total. The van der Waals surface area contributed by atoms with E-state index in [0.717, 1.165) is 65.0 Å². The molecule has 0 saturated carbocycles. The van der Waals surface area contributed by atoms with Gasteiger partial charge in [-0.3, -0.25) is 9.69 Å². The largest absolute Gasteiger partial charge is 0.356 e. The smallest absolute Gasteiger partial charge is 0.317 e. The van der Waals surface area contributed by atoms with Gasteiger partial charge in [-0.2, -0.15) is 0 Å². The Morgan fingerprint density at radius 1 is 0.968 bits per heavy atom. The topological polar surface area (TPSA) is 67.9 Å². The number of piperidine rings is 1. The summed E-state index contributed by atoms with van der Waals surface area (Å²) in [6.07, 6.45) is 3.57. The van der Waals surface area contributed by atoms with Crippen LogP contribution >= 0.6 is 0 Å². The number of hydrogen-bond acceptors (Lipinski definition) is 4. The Bertz CT molecular complexity index is 498. The molecule has 3 amide bonds. The third-order valence-electron chi connectivity index (χ3n) is 6.56. The molecule has 2 N–H and O–H groups in total. The van der Waals surface area contributed by atoms with Gasteiger partial charge in [0.15, 0.2) is 0 Å². The van der Waals surface area contributed by atoms with Crippen molar-refractivity contribution in [2.24, 2.45) is 11.8 Å². The van der Waals surface area contributed by atoms with Crippen LogP contribution in [-0.2, 0) is 4.79 Å². The minimum atomic E-state index is 0.0130. The molecule has 182 valence electrons. The maximum absolute atomic E-state index is 12.7. The molecule has 1 unspecified atom stereocenters. The quantitative estimate of drug-likeness (QED) is 0.408. The summed E-state index contributed by atoms with van der Waals surface area (Å²) in [4.78, 5) is 31.8. The second kappa shape index (κ2) is 15.5. The summed E-state index contributed by atoms with van der Waals surface area (Å²) in [6, 6.07) is 0.387. The molecular formula is C24H49N5O2. The summed E-state index contributed by atoms with van der Waals surface area (Å²) in [5.41, 5.74) is 0. The van der Waals surface area contributed by atoms with E-state index in [-0.39, 0.29) is 17.9 Å². The van der Waals surface area contributed by atoms with Crippen LogP contribution < -0.4 is 10.6 Å². The zero-order valence-corrected chi connectivity index (χ0v) is 21.1. The normalized spacial score (nSPS) is 16.2. The van der Waals surface area contributed by atoms with E-state index >= 15 is 0 Å². The second-order valence-corrected chi connectivity index (χ2v) is 9.12. The van der Waals surface area contributed by atoms with Crippen molar-refractivity contribution in [3.8, 4) is 0 Å². The molecule has 1 fully saturated rings. The molecule has 0 aromatic heterocycles. The Morgan fingerprint density at radius 3 is 2.10 bits per heavy atom. The second-order valence-electron chi connectivity index (χ2n) is 9.12. The van der Waals surface area contributed by atoms with E-state index in [1.807, 2.05) is 4.90 Å². The fourth-order valence-corrected chi connectivity index (χ4v) is 4.51. The zero-order chi connectivity index (χ0) is 23.2. The number of urea groups is 1. The van der Waals surface area contributed by atoms with Crippen LogP contribution in [0.25, 0.3) is 0 Å². The highest BCUT2D eigenvalue weighted by Gasteiger charge is 2.27. The van der Waals surface area contributed by atoms with Gasteiger partial charge in [0.2, 0.25) is 5.91 Å². The number of likely N-dealkylation sites (N-methyl/N-ethyl adjacent to an activating group) is 1. The third kappa shape index (κ3) is 10.2. The molecule has 0 aromatic carbocycles. The standard InChI is InChI=1S/C24H49N5O2/c1-7-27(8-2)15-11-14-25-23(30)21-12-16-29(17-13-21)24(31)26-19-22(18-20(5)6)28(9-3)10-4/h20-22H,7-19H2,1-6H3,(H,25,30)(H,26,31). The minimum absolute atomic E-state index is 0.0130. The average molecular weight is 440 g/mol. The van der Waals surface area contributed by atoms with Crippen LogP contribution in [0.4, 0.5) is 4.79 Å². The van der Waals surface area contributed by atoms with E-state index in [0.29, 0.717) is 31.6 Å². The van der Waals surface area contributed by atoms with Crippen molar-refractivity contribution >= 4 is 11.9 Å². The first-order chi connectivity index (χ1) is 14.9. The van der Waals surface area contributed by atoms with Gasteiger partial charge in [-0.25, -0.2) is 4.79 Å². The molecule has 31 heavy (non-hydrogen) atoms. The fraction of sp³-hybridized carbons (Fsp3) is 0.917. The lowest BCUT2D eigenvalue weighted by Gasteiger charge is -2.34. The predicted molar refractivity (Wildman–Crippen MR) is 129 cm³/mol. The van der Waals surface area contributed by atoms with E-state index in [2.05, 4.69) is 62.0 Å². The Balaban J connectivity index is 2.35. The highest BCUT2D eigenvalue weighted by atomic mass is 16.2. The summed E-state index contributed by atoms with van der Waals surface area (Å²) in [5.74, 6) is 0.781. The number of rotatable bonds is 14. The number of carbonyl (C=O) groups is 2. The molecule has 1 aliphatic rings. The number of carbonyl (C=O) groups excluding carboxylic acids is 2. The van der Waals surface area contributed by atoms with Gasteiger partial charge >= 0.3 is 6.03 Å². The van der Waals surface area contributed by atoms with E-state index in [9.17, 15) is 9.59 Å². The Kier molecular flexibility index (Phi) is 13.8. The van der Waals surface area contributed by atoms with Gasteiger partial charge in [-0.05, 0) is 64.3 Å². The lowest BCUT2D eigenvalue weighted by molar-refractivity contribution is -0.126.